The highest BCUT2D eigenvalue weighted by atomic mass is 32.2. The number of carbonyl (C=O) groups is 1. The van der Waals surface area contributed by atoms with Crippen molar-refractivity contribution < 1.29 is 9.18 Å². The monoisotopic (exact) mass is 374 g/mol. The molecule has 5 nitrogen and oxygen atoms in total. The quantitative estimate of drug-likeness (QED) is 0.656. The zero-order chi connectivity index (χ0) is 17.6. The van der Waals surface area contributed by atoms with E-state index in [2.05, 4.69) is 15.5 Å². The summed E-state index contributed by atoms with van der Waals surface area (Å²) in [6.45, 7) is 0. The van der Waals surface area contributed by atoms with Crippen molar-refractivity contribution in [3.63, 3.8) is 0 Å². The molecule has 1 aromatic heterocycles. The van der Waals surface area contributed by atoms with E-state index in [0.29, 0.717) is 15.2 Å². The molecule has 8 heteroatoms. The molecule has 0 spiro atoms. The third-order valence-corrected chi connectivity index (χ3v) is 5.32. The van der Waals surface area contributed by atoms with Gasteiger partial charge in [-0.15, -0.1) is 10.2 Å². The molecule has 1 heterocycles. The van der Waals surface area contributed by atoms with Crippen molar-refractivity contribution in [3.05, 3.63) is 60.4 Å². The SMILES string of the molecule is CN(C(=O)CSc1nnc(Nc2ccccc2F)s1)c1ccccc1. The third-order valence-electron chi connectivity index (χ3n) is 3.36. The van der Waals surface area contributed by atoms with Gasteiger partial charge < -0.3 is 10.2 Å². The van der Waals surface area contributed by atoms with Crippen molar-refractivity contribution >= 4 is 45.5 Å². The number of halogens is 1. The number of anilines is 3. The molecule has 0 saturated carbocycles. The van der Waals surface area contributed by atoms with Crippen molar-refractivity contribution in [2.24, 2.45) is 0 Å². The Balaban J connectivity index is 1.57. The molecule has 0 aliphatic heterocycles. The third kappa shape index (κ3) is 4.55. The van der Waals surface area contributed by atoms with Crippen LogP contribution in [0, 0.1) is 5.82 Å². The summed E-state index contributed by atoms with van der Waals surface area (Å²) in [5.41, 5.74) is 1.18. The number of benzene rings is 2. The number of hydrogen-bond acceptors (Lipinski definition) is 6. The lowest BCUT2D eigenvalue weighted by molar-refractivity contribution is -0.115. The normalized spacial score (nSPS) is 10.5. The Morgan fingerprint density at radius 2 is 1.88 bits per heavy atom. The fourth-order valence-corrected chi connectivity index (χ4v) is 3.69. The Labute approximate surface area is 152 Å². The molecule has 2 aromatic carbocycles. The molecule has 1 amide bonds. The number of nitrogens with zero attached hydrogens (tertiary/aromatic N) is 3. The molecule has 0 unspecified atom stereocenters. The van der Waals surface area contributed by atoms with Crippen molar-refractivity contribution in [1.82, 2.24) is 10.2 Å². The first-order valence-electron chi connectivity index (χ1n) is 7.43. The maximum absolute atomic E-state index is 13.6. The molecule has 0 aliphatic rings. The predicted molar refractivity (Wildman–Crippen MR) is 100 cm³/mol. The minimum atomic E-state index is -0.355. The molecule has 3 rings (SSSR count). The molecular formula is C17H15FN4OS2. The van der Waals surface area contributed by atoms with Crippen LogP contribution >= 0.6 is 23.1 Å². The van der Waals surface area contributed by atoms with Crippen molar-refractivity contribution in [1.29, 1.82) is 0 Å². The van der Waals surface area contributed by atoms with Gasteiger partial charge in [0.15, 0.2) is 4.34 Å². The minimum absolute atomic E-state index is 0.0324. The van der Waals surface area contributed by atoms with Gasteiger partial charge in [0.2, 0.25) is 11.0 Å². The molecule has 0 fully saturated rings. The van der Waals surface area contributed by atoms with E-state index in [4.69, 9.17) is 0 Å². The van der Waals surface area contributed by atoms with Crippen LogP contribution in [0.2, 0.25) is 0 Å². The molecule has 0 atom stereocenters. The standard InChI is InChI=1S/C17H15FN4OS2/c1-22(12-7-3-2-4-8-12)15(23)11-24-17-21-20-16(25-17)19-14-10-6-5-9-13(14)18/h2-10H,11H2,1H3,(H,19,20). The summed E-state index contributed by atoms with van der Waals surface area (Å²) in [7, 11) is 1.74. The number of aromatic nitrogens is 2. The summed E-state index contributed by atoms with van der Waals surface area (Å²) in [5.74, 6) is -0.138. The number of carbonyl (C=O) groups excluding carboxylic acids is 1. The van der Waals surface area contributed by atoms with Crippen molar-refractivity contribution in [3.8, 4) is 0 Å². The van der Waals surface area contributed by atoms with Crippen LogP contribution in [-0.4, -0.2) is 28.9 Å². The van der Waals surface area contributed by atoms with Gasteiger partial charge in [-0.1, -0.05) is 53.4 Å². The van der Waals surface area contributed by atoms with E-state index in [9.17, 15) is 9.18 Å². The second-order valence-corrected chi connectivity index (χ2v) is 7.25. The van der Waals surface area contributed by atoms with E-state index >= 15 is 0 Å². The summed E-state index contributed by atoms with van der Waals surface area (Å²) in [6.07, 6.45) is 0. The number of nitrogens with one attached hydrogen (secondary N) is 1. The first kappa shape index (κ1) is 17.4. The van der Waals surface area contributed by atoms with Gasteiger partial charge in [0.05, 0.1) is 11.4 Å². The fourth-order valence-electron chi connectivity index (χ4n) is 2.01. The minimum Gasteiger partial charge on any atom is -0.328 e. The van der Waals surface area contributed by atoms with Gasteiger partial charge in [-0.2, -0.15) is 0 Å². The van der Waals surface area contributed by atoms with E-state index in [1.54, 1.807) is 30.1 Å². The molecule has 128 valence electrons. The smallest absolute Gasteiger partial charge is 0.237 e. The molecule has 0 saturated heterocycles. The molecule has 0 radical (unpaired) electrons. The van der Waals surface area contributed by atoms with Crippen molar-refractivity contribution in [2.75, 3.05) is 23.0 Å². The number of amides is 1. The van der Waals surface area contributed by atoms with Crippen LogP contribution in [0.4, 0.5) is 20.9 Å². The molecular weight excluding hydrogens is 359 g/mol. The number of para-hydroxylation sites is 2. The zero-order valence-corrected chi connectivity index (χ0v) is 15.0. The van der Waals surface area contributed by atoms with Crippen LogP contribution in [0.3, 0.4) is 0 Å². The fraction of sp³-hybridized carbons (Fsp3) is 0.118. The first-order valence-corrected chi connectivity index (χ1v) is 9.23. The molecule has 25 heavy (non-hydrogen) atoms. The van der Waals surface area contributed by atoms with Gasteiger partial charge in [-0.3, -0.25) is 4.79 Å². The summed E-state index contributed by atoms with van der Waals surface area (Å²) >= 11 is 2.59. The van der Waals surface area contributed by atoms with Gasteiger partial charge in [-0.25, -0.2) is 4.39 Å². The Kier molecular flexibility index (Phi) is 5.62. The molecule has 0 bridgehead atoms. The van der Waals surface area contributed by atoms with Gasteiger partial charge in [0, 0.05) is 12.7 Å². The second kappa shape index (κ2) is 8.09. The Morgan fingerprint density at radius 1 is 1.16 bits per heavy atom. The van der Waals surface area contributed by atoms with Gasteiger partial charge in [0.25, 0.3) is 0 Å². The van der Waals surface area contributed by atoms with Crippen LogP contribution in [0.5, 0.6) is 0 Å². The lowest BCUT2D eigenvalue weighted by Crippen LogP contribution is -2.27. The van der Waals surface area contributed by atoms with Gasteiger partial charge in [-0.05, 0) is 24.3 Å². The largest absolute Gasteiger partial charge is 0.328 e. The topological polar surface area (TPSA) is 58.1 Å². The lowest BCUT2D eigenvalue weighted by Gasteiger charge is -2.16. The summed E-state index contributed by atoms with van der Waals surface area (Å²) in [6, 6.07) is 15.8. The summed E-state index contributed by atoms with van der Waals surface area (Å²) in [4.78, 5) is 13.9. The Hall–Kier alpha value is -2.45. The number of rotatable bonds is 6. The average molecular weight is 374 g/mol. The molecule has 0 aliphatic carbocycles. The van der Waals surface area contributed by atoms with E-state index in [1.807, 2.05) is 30.3 Å². The zero-order valence-electron chi connectivity index (χ0n) is 13.3. The highest BCUT2D eigenvalue weighted by Crippen LogP contribution is 2.28. The maximum Gasteiger partial charge on any atom is 0.237 e. The van der Waals surface area contributed by atoms with E-state index < -0.39 is 0 Å². The Morgan fingerprint density at radius 3 is 2.64 bits per heavy atom. The van der Waals surface area contributed by atoms with Crippen molar-refractivity contribution in [2.45, 2.75) is 4.34 Å². The van der Waals surface area contributed by atoms with E-state index in [1.165, 1.54) is 29.2 Å². The summed E-state index contributed by atoms with van der Waals surface area (Å²) < 4.78 is 14.3. The molecule has 1 N–H and O–H groups in total. The van der Waals surface area contributed by atoms with Gasteiger partial charge in [0.1, 0.15) is 5.82 Å². The maximum atomic E-state index is 13.6. The average Bonchev–Trinajstić information content (AvgIpc) is 3.09. The number of thioether (sulfide) groups is 1. The highest BCUT2D eigenvalue weighted by Gasteiger charge is 2.13. The van der Waals surface area contributed by atoms with Crippen LogP contribution in [0.25, 0.3) is 0 Å². The Bertz CT molecular complexity index is 857. The predicted octanol–water partition coefficient (Wildman–Crippen LogP) is 4.18. The van der Waals surface area contributed by atoms with Crippen LogP contribution in [-0.2, 0) is 4.79 Å². The number of hydrogen-bond donors (Lipinski definition) is 1. The van der Waals surface area contributed by atoms with E-state index in [-0.39, 0.29) is 17.5 Å². The van der Waals surface area contributed by atoms with Crippen LogP contribution in [0.15, 0.2) is 58.9 Å². The first-order chi connectivity index (χ1) is 12.1. The van der Waals surface area contributed by atoms with Crippen LogP contribution in [0.1, 0.15) is 0 Å². The second-order valence-electron chi connectivity index (χ2n) is 5.05. The molecule has 3 aromatic rings. The lowest BCUT2D eigenvalue weighted by atomic mass is 10.3. The highest BCUT2D eigenvalue weighted by molar-refractivity contribution is 8.01. The van der Waals surface area contributed by atoms with E-state index in [0.717, 1.165) is 5.69 Å². The summed E-state index contributed by atoms with van der Waals surface area (Å²) in [5, 5.41) is 11.4. The van der Waals surface area contributed by atoms with Crippen LogP contribution < -0.4 is 10.2 Å². The van der Waals surface area contributed by atoms with Gasteiger partial charge >= 0.3 is 0 Å².